The van der Waals surface area contributed by atoms with E-state index in [0.717, 1.165) is 29.0 Å². The van der Waals surface area contributed by atoms with Gasteiger partial charge in [0.05, 0.1) is 23.8 Å². The van der Waals surface area contributed by atoms with Crippen LogP contribution in [-0.2, 0) is 11.8 Å². The van der Waals surface area contributed by atoms with Crippen molar-refractivity contribution in [1.29, 1.82) is 5.26 Å². The minimum Gasteiger partial charge on any atom is -0.492 e. The Morgan fingerprint density at radius 1 is 1.29 bits per heavy atom. The topological polar surface area (TPSA) is 53.3 Å². The quantitative estimate of drug-likeness (QED) is 0.809. The van der Waals surface area contributed by atoms with Gasteiger partial charge in [0.25, 0.3) is 5.91 Å². The lowest BCUT2D eigenvalue weighted by atomic mass is 9.86. The van der Waals surface area contributed by atoms with Crippen LogP contribution in [0.4, 0.5) is 5.69 Å². The normalized spacial score (nSPS) is 17.0. The van der Waals surface area contributed by atoms with Crippen LogP contribution < -0.4 is 9.64 Å². The van der Waals surface area contributed by atoms with Crippen molar-refractivity contribution in [2.24, 2.45) is 0 Å². The molecule has 0 atom stereocenters. The van der Waals surface area contributed by atoms with E-state index >= 15 is 0 Å². The number of para-hydroxylation sites is 1. The number of amides is 1. The van der Waals surface area contributed by atoms with Gasteiger partial charge in [0, 0.05) is 23.2 Å². The molecule has 4 nitrogen and oxygen atoms in total. The van der Waals surface area contributed by atoms with Crippen LogP contribution in [0.15, 0.2) is 36.4 Å². The zero-order chi connectivity index (χ0) is 16.9. The molecule has 0 unspecified atom stereocenters. The predicted molar refractivity (Wildman–Crippen MR) is 91.5 cm³/mol. The molecule has 0 N–H and O–H groups in total. The summed E-state index contributed by atoms with van der Waals surface area (Å²) in [5, 5.41) is 9.03. The summed E-state index contributed by atoms with van der Waals surface area (Å²) in [4.78, 5) is 14.9. The third-order valence-corrected chi connectivity index (χ3v) is 4.90. The van der Waals surface area contributed by atoms with Crippen molar-refractivity contribution in [1.82, 2.24) is 0 Å². The largest absolute Gasteiger partial charge is 0.492 e. The standard InChI is InChI=1S/C20H18N2O2/c1-20(2)12-24-18-15(4-3-5-16(18)20)19(23)22-9-8-14-10-13(11-21)6-7-17(14)22/h3-7,10H,8-9,12H2,1-2H3. The number of benzene rings is 2. The van der Waals surface area contributed by atoms with Gasteiger partial charge in [0.2, 0.25) is 0 Å². The minimum absolute atomic E-state index is 0.0343. The smallest absolute Gasteiger partial charge is 0.262 e. The summed E-state index contributed by atoms with van der Waals surface area (Å²) in [6.07, 6.45) is 0.776. The predicted octanol–water partition coefficient (Wildman–Crippen LogP) is 3.43. The Bertz CT molecular complexity index is 893. The molecule has 0 saturated heterocycles. The molecule has 0 aliphatic carbocycles. The first-order chi connectivity index (χ1) is 11.5. The molecule has 4 rings (SSSR count). The van der Waals surface area contributed by atoms with Crippen molar-refractivity contribution in [2.45, 2.75) is 25.7 Å². The molecular weight excluding hydrogens is 300 g/mol. The van der Waals surface area contributed by atoms with Crippen LogP contribution in [0.1, 0.15) is 40.9 Å². The van der Waals surface area contributed by atoms with Gasteiger partial charge in [-0.15, -0.1) is 0 Å². The van der Waals surface area contributed by atoms with Gasteiger partial charge >= 0.3 is 0 Å². The van der Waals surface area contributed by atoms with Crippen LogP contribution in [-0.4, -0.2) is 19.1 Å². The van der Waals surface area contributed by atoms with Gasteiger partial charge in [-0.3, -0.25) is 4.79 Å². The van der Waals surface area contributed by atoms with Crippen molar-refractivity contribution in [3.63, 3.8) is 0 Å². The molecule has 2 aliphatic rings. The maximum atomic E-state index is 13.1. The van der Waals surface area contributed by atoms with Gasteiger partial charge in [-0.25, -0.2) is 0 Å². The van der Waals surface area contributed by atoms with E-state index in [1.165, 1.54) is 0 Å². The molecule has 1 amide bonds. The third kappa shape index (κ3) is 2.09. The number of hydrogen-bond donors (Lipinski definition) is 0. The van der Waals surface area contributed by atoms with Crippen molar-refractivity contribution in [3.8, 4) is 11.8 Å². The van der Waals surface area contributed by atoms with Gasteiger partial charge in [-0.2, -0.15) is 5.26 Å². The zero-order valence-corrected chi connectivity index (χ0v) is 13.8. The van der Waals surface area contributed by atoms with Gasteiger partial charge in [-0.05, 0) is 36.2 Å². The third-order valence-electron chi connectivity index (χ3n) is 4.90. The van der Waals surface area contributed by atoms with Gasteiger partial charge < -0.3 is 9.64 Å². The minimum atomic E-state index is -0.0732. The number of ether oxygens (including phenoxy) is 1. The molecule has 120 valence electrons. The Kier molecular flexibility index (Phi) is 3.14. The molecule has 4 heteroatoms. The van der Waals surface area contributed by atoms with E-state index < -0.39 is 0 Å². The summed E-state index contributed by atoms with van der Waals surface area (Å²) in [5.74, 6) is 0.683. The molecule has 2 aromatic carbocycles. The van der Waals surface area contributed by atoms with Crippen molar-refractivity contribution >= 4 is 11.6 Å². The summed E-state index contributed by atoms with van der Waals surface area (Å²) in [5.41, 5.74) is 4.22. The Morgan fingerprint density at radius 3 is 2.92 bits per heavy atom. The van der Waals surface area contributed by atoms with Crippen LogP contribution in [0.2, 0.25) is 0 Å². The fourth-order valence-corrected chi connectivity index (χ4v) is 3.55. The first-order valence-corrected chi connectivity index (χ1v) is 8.12. The molecule has 0 radical (unpaired) electrons. The highest BCUT2D eigenvalue weighted by Gasteiger charge is 2.36. The molecule has 2 aliphatic heterocycles. The van der Waals surface area contributed by atoms with E-state index in [2.05, 4.69) is 19.9 Å². The highest BCUT2D eigenvalue weighted by atomic mass is 16.5. The summed E-state index contributed by atoms with van der Waals surface area (Å²) in [7, 11) is 0. The molecule has 2 aromatic rings. The van der Waals surface area contributed by atoms with Crippen molar-refractivity contribution in [3.05, 3.63) is 58.7 Å². The maximum Gasteiger partial charge on any atom is 0.262 e. The van der Waals surface area contributed by atoms with Gasteiger partial charge in [0.1, 0.15) is 5.75 Å². The Hall–Kier alpha value is -2.80. The number of carbonyl (C=O) groups excluding carboxylic acids is 1. The number of nitriles is 1. The van der Waals surface area contributed by atoms with Gasteiger partial charge in [0.15, 0.2) is 0 Å². The SMILES string of the molecule is CC1(C)COc2c(C(=O)N3CCc4cc(C#N)ccc43)cccc21. The number of hydrogen-bond acceptors (Lipinski definition) is 3. The lowest BCUT2D eigenvalue weighted by Gasteiger charge is -2.19. The van der Waals surface area contributed by atoms with Crippen LogP contribution >= 0.6 is 0 Å². The monoisotopic (exact) mass is 318 g/mol. The molecule has 0 spiro atoms. The molecule has 0 bridgehead atoms. The summed E-state index contributed by atoms with van der Waals surface area (Å²) in [6.45, 7) is 5.48. The fourth-order valence-electron chi connectivity index (χ4n) is 3.55. The Morgan fingerprint density at radius 2 is 2.12 bits per heavy atom. The lowest BCUT2D eigenvalue weighted by Crippen LogP contribution is -2.29. The average Bonchev–Trinajstić information content (AvgIpc) is 3.14. The van der Waals surface area contributed by atoms with E-state index in [1.807, 2.05) is 30.3 Å². The van der Waals surface area contributed by atoms with Gasteiger partial charge in [-0.1, -0.05) is 26.0 Å². The van der Waals surface area contributed by atoms with E-state index in [9.17, 15) is 4.79 Å². The van der Waals surface area contributed by atoms with Crippen LogP contribution in [0.5, 0.6) is 5.75 Å². The Labute approximate surface area is 141 Å². The molecule has 2 heterocycles. The summed E-state index contributed by atoms with van der Waals surface area (Å²) in [6, 6.07) is 13.5. The van der Waals surface area contributed by atoms with Crippen LogP contribution in [0, 0.1) is 11.3 Å². The molecule has 24 heavy (non-hydrogen) atoms. The van der Waals surface area contributed by atoms with Crippen molar-refractivity contribution in [2.75, 3.05) is 18.1 Å². The first-order valence-electron chi connectivity index (χ1n) is 8.12. The number of anilines is 1. The lowest BCUT2D eigenvalue weighted by molar-refractivity contribution is 0.0986. The Balaban J connectivity index is 1.73. The zero-order valence-electron chi connectivity index (χ0n) is 13.8. The molecule has 0 aromatic heterocycles. The second-order valence-electron chi connectivity index (χ2n) is 7.02. The van der Waals surface area contributed by atoms with E-state index in [0.29, 0.717) is 24.3 Å². The van der Waals surface area contributed by atoms with Crippen molar-refractivity contribution < 1.29 is 9.53 Å². The van der Waals surface area contributed by atoms with Crippen LogP contribution in [0.3, 0.4) is 0 Å². The number of rotatable bonds is 1. The van der Waals surface area contributed by atoms with E-state index in [-0.39, 0.29) is 11.3 Å². The van der Waals surface area contributed by atoms with Crippen LogP contribution in [0.25, 0.3) is 0 Å². The second-order valence-corrected chi connectivity index (χ2v) is 7.02. The number of nitrogens with zero attached hydrogens (tertiary/aromatic N) is 2. The fraction of sp³-hybridized carbons (Fsp3) is 0.300. The average molecular weight is 318 g/mol. The second kappa shape index (κ2) is 5.10. The molecular formula is C20H18N2O2. The highest BCUT2D eigenvalue weighted by Crippen LogP contribution is 2.41. The van der Waals surface area contributed by atoms with E-state index in [4.69, 9.17) is 10.00 Å². The highest BCUT2D eigenvalue weighted by molar-refractivity contribution is 6.09. The summed E-state index contributed by atoms with van der Waals surface area (Å²) >= 11 is 0. The number of fused-ring (bicyclic) bond motifs is 2. The molecule has 0 fully saturated rings. The van der Waals surface area contributed by atoms with E-state index in [1.54, 1.807) is 11.0 Å². The number of carbonyl (C=O) groups is 1. The first kappa shape index (κ1) is 14.8. The maximum absolute atomic E-state index is 13.1. The molecule has 0 saturated carbocycles. The summed E-state index contributed by atoms with van der Waals surface area (Å²) < 4.78 is 5.86.